The minimum absolute atomic E-state index is 0.139. The fourth-order valence-electron chi connectivity index (χ4n) is 3.00. The van der Waals surface area contributed by atoms with Crippen LogP contribution in [0, 0.1) is 17.2 Å². The summed E-state index contributed by atoms with van der Waals surface area (Å²) in [7, 11) is 0. The van der Waals surface area contributed by atoms with Crippen molar-refractivity contribution in [1.29, 1.82) is 5.26 Å². The van der Waals surface area contributed by atoms with E-state index in [9.17, 15) is 10.1 Å². The molecule has 0 unspecified atom stereocenters. The standard InChI is InChI=1S/C16H24N6O2S/c1-3-22-14(21-6-8-24-9-7-21)19-20-15(22)25-10-13(23)18-16(2,11-17)12-4-5-12/h12H,3-10H2,1-2H3,(H,18,23)/t16-/m1/s1. The van der Waals surface area contributed by atoms with E-state index in [1.165, 1.54) is 11.8 Å². The number of aromatic nitrogens is 3. The average molecular weight is 364 g/mol. The Hall–Kier alpha value is -1.79. The van der Waals surface area contributed by atoms with Crippen LogP contribution in [0.3, 0.4) is 0 Å². The highest BCUT2D eigenvalue weighted by Gasteiger charge is 2.43. The van der Waals surface area contributed by atoms with E-state index in [4.69, 9.17) is 4.74 Å². The van der Waals surface area contributed by atoms with Gasteiger partial charge in [-0.25, -0.2) is 0 Å². The van der Waals surface area contributed by atoms with E-state index in [1.807, 2.05) is 11.5 Å². The third-order valence-corrected chi connectivity index (χ3v) is 5.63. The molecule has 25 heavy (non-hydrogen) atoms. The number of carbonyl (C=O) groups is 1. The summed E-state index contributed by atoms with van der Waals surface area (Å²) in [5.41, 5.74) is -0.755. The van der Waals surface area contributed by atoms with E-state index in [2.05, 4.69) is 26.5 Å². The summed E-state index contributed by atoms with van der Waals surface area (Å²) in [6.07, 6.45) is 2.01. The van der Waals surface area contributed by atoms with Gasteiger partial charge in [-0.05, 0) is 32.6 Å². The van der Waals surface area contributed by atoms with Crippen molar-refractivity contribution in [3.05, 3.63) is 0 Å². The Labute approximate surface area is 151 Å². The molecule has 2 aliphatic rings. The molecule has 9 heteroatoms. The maximum atomic E-state index is 12.3. The summed E-state index contributed by atoms with van der Waals surface area (Å²) in [4.78, 5) is 14.4. The highest BCUT2D eigenvalue weighted by atomic mass is 32.2. The van der Waals surface area contributed by atoms with Crippen molar-refractivity contribution in [3.63, 3.8) is 0 Å². The lowest BCUT2D eigenvalue weighted by molar-refractivity contribution is -0.119. The van der Waals surface area contributed by atoms with Gasteiger partial charge in [-0.3, -0.25) is 9.36 Å². The molecule has 1 aromatic rings. The van der Waals surface area contributed by atoms with Crippen LogP contribution in [-0.2, 0) is 16.1 Å². The van der Waals surface area contributed by atoms with Gasteiger partial charge in [0.15, 0.2) is 5.16 Å². The number of morpholine rings is 1. The molecule has 2 fully saturated rings. The van der Waals surface area contributed by atoms with Gasteiger partial charge < -0.3 is 15.0 Å². The van der Waals surface area contributed by atoms with Gasteiger partial charge in [0.1, 0.15) is 5.54 Å². The van der Waals surface area contributed by atoms with Gasteiger partial charge >= 0.3 is 0 Å². The first kappa shape index (κ1) is 18.0. The Morgan fingerprint density at radius 2 is 2.16 bits per heavy atom. The fourth-order valence-corrected chi connectivity index (χ4v) is 3.80. The molecule has 0 aromatic carbocycles. The lowest BCUT2D eigenvalue weighted by Gasteiger charge is -2.27. The van der Waals surface area contributed by atoms with Crippen LogP contribution in [0.2, 0.25) is 0 Å². The number of hydrogen-bond donors (Lipinski definition) is 1. The van der Waals surface area contributed by atoms with Gasteiger partial charge in [-0.15, -0.1) is 10.2 Å². The number of amides is 1. The number of nitrogens with zero attached hydrogens (tertiary/aromatic N) is 5. The molecule has 1 N–H and O–H groups in total. The summed E-state index contributed by atoms with van der Waals surface area (Å²) in [6, 6.07) is 2.25. The number of rotatable bonds is 7. The van der Waals surface area contributed by atoms with E-state index < -0.39 is 5.54 Å². The van der Waals surface area contributed by atoms with Gasteiger partial charge in [0.05, 0.1) is 25.0 Å². The molecule has 1 aliphatic carbocycles. The third-order valence-electron chi connectivity index (χ3n) is 4.67. The van der Waals surface area contributed by atoms with Crippen molar-refractivity contribution in [2.45, 2.75) is 43.9 Å². The quantitative estimate of drug-likeness (QED) is 0.722. The Kier molecular flexibility index (Phi) is 5.49. The number of carbonyl (C=O) groups excluding carboxylic acids is 1. The first-order chi connectivity index (χ1) is 12.1. The normalized spacial score (nSPS) is 20.0. The number of thioether (sulfide) groups is 1. The summed E-state index contributed by atoms with van der Waals surface area (Å²) in [6.45, 7) is 7.55. The SMILES string of the molecule is CCn1c(SCC(=O)N[C@](C)(C#N)C2CC2)nnc1N1CCOCC1. The van der Waals surface area contributed by atoms with Gasteiger partial charge in [0.2, 0.25) is 11.9 Å². The van der Waals surface area contributed by atoms with Crippen LogP contribution in [-0.4, -0.2) is 58.3 Å². The largest absolute Gasteiger partial charge is 0.378 e. The van der Waals surface area contributed by atoms with Crippen LogP contribution < -0.4 is 10.2 Å². The van der Waals surface area contributed by atoms with Crippen molar-refractivity contribution in [1.82, 2.24) is 20.1 Å². The Balaban J connectivity index is 1.60. The van der Waals surface area contributed by atoms with Crippen molar-refractivity contribution in [3.8, 4) is 6.07 Å². The highest BCUT2D eigenvalue weighted by Crippen LogP contribution is 2.39. The topological polar surface area (TPSA) is 96.1 Å². The molecule has 0 spiro atoms. The lowest BCUT2D eigenvalue weighted by atomic mass is 9.98. The predicted molar refractivity (Wildman–Crippen MR) is 94.3 cm³/mol. The van der Waals surface area contributed by atoms with E-state index in [0.717, 1.165) is 43.6 Å². The summed E-state index contributed by atoms with van der Waals surface area (Å²) >= 11 is 1.36. The van der Waals surface area contributed by atoms with Crippen LogP contribution in [0.5, 0.6) is 0 Å². The Morgan fingerprint density at radius 1 is 1.44 bits per heavy atom. The van der Waals surface area contributed by atoms with Crippen LogP contribution >= 0.6 is 11.8 Å². The number of nitrogens with one attached hydrogen (secondary N) is 1. The molecule has 1 aliphatic heterocycles. The summed E-state index contributed by atoms with van der Waals surface area (Å²) in [5, 5.41) is 21.5. The van der Waals surface area contributed by atoms with Gasteiger partial charge in [-0.2, -0.15) is 5.26 Å². The number of anilines is 1. The molecule has 136 valence electrons. The zero-order chi connectivity index (χ0) is 17.9. The van der Waals surface area contributed by atoms with E-state index in [0.29, 0.717) is 13.2 Å². The lowest BCUT2D eigenvalue weighted by Crippen LogP contribution is -2.47. The third kappa shape index (κ3) is 4.07. The molecular weight excluding hydrogens is 340 g/mol. The van der Waals surface area contributed by atoms with E-state index >= 15 is 0 Å². The van der Waals surface area contributed by atoms with Crippen molar-refractivity contribution in [2.75, 3.05) is 37.0 Å². The second kappa shape index (κ2) is 7.62. The minimum atomic E-state index is -0.755. The summed E-state index contributed by atoms with van der Waals surface area (Å²) in [5.74, 6) is 1.19. The molecule has 1 saturated heterocycles. The first-order valence-corrected chi connectivity index (χ1v) is 9.67. The molecule has 3 rings (SSSR count). The average Bonchev–Trinajstić information content (AvgIpc) is 3.41. The zero-order valence-corrected chi connectivity index (χ0v) is 15.5. The molecule has 1 amide bonds. The second-order valence-corrected chi connectivity index (χ2v) is 7.49. The van der Waals surface area contributed by atoms with Gasteiger partial charge in [-0.1, -0.05) is 11.8 Å². The molecule has 0 bridgehead atoms. The Bertz CT molecular complexity index is 662. The van der Waals surface area contributed by atoms with Crippen molar-refractivity contribution in [2.24, 2.45) is 5.92 Å². The van der Waals surface area contributed by atoms with Crippen LogP contribution in [0.1, 0.15) is 26.7 Å². The molecule has 1 saturated carbocycles. The minimum Gasteiger partial charge on any atom is -0.378 e. The molecule has 1 aromatic heterocycles. The maximum absolute atomic E-state index is 12.3. The smallest absolute Gasteiger partial charge is 0.231 e. The number of ether oxygens (including phenoxy) is 1. The number of hydrogen-bond acceptors (Lipinski definition) is 7. The van der Waals surface area contributed by atoms with Crippen molar-refractivity contribution < 1.29 is 9.53 Å². The molecular formula is C16H24N6O2S. The fraction of sp³-hybridized carbons (Fsp3) is 0.750. The first-order valence-electron chi connectivity index (χ1n) is 8.68. The van der Waals surface area contributed by atoms with Crippen LogP contribution in [0.15, 0.2) is 5.16 Å². The molecule has 1 atom stereocenters. The number of nitriles is 1. The van der Waals surface area contributed by atoms with Gasteiger partial charge in [0, 0.05) is 19.6 Å². The Morgan fingerprint density at radius 3 is 2.76 bits per heavy atom. The maximum Gasteiger partial charge on any atom is 0.231 e. The summed E-state index contributed by atoms with van der Waals surface area (Å²) < 4.78 is 7.40. The highest BCUT2D eigenvalue weighted by molar-refractivity contribution is 7.99. The van der Waals surface area contributed by atoms with Gasteiger partial charge in [0.25, 0.3) is 0 Å². The predicted octanol–water partition coefficient (Wildman–Crippen LogP) is 1.04. The zero-order valence-electron chi connectivity index (χ0n) is 14.7. The van der Waals surface area contributed by atoms with E-state index in [1.54, 1.807) is 6.92 Å². The molecule has 2 heterocycles. The van der Waals surface area contributed by atoms with Crippen LogP contribution in [0.4, 0.5) is 5.95 Å². The molecule has 0 radical (unpaired) electrons. The second-order valence-electron chi connectivity index (χ2n) is 6.55. The molecule has 8 nitrogen and oxygen atoms in total. The van der Waals surface area contributed by atoms with E-state index in [-0.39, 0.29) is 17.6 Å². The van der Waals surface area contributed by atoms with Crippen LogP contribution in [0.25, 0.3) is 0 Å². The monoisotopic (exact) mass is 364 g/mol. The van der Waals surface area contributed by atoms with Crippen molar-refractivity contribution >= 4 is 23.6 Å².